The summed E-state index contributed by atoms with van der Waals surface area (Å²) in [5.41, 5.74) is 6.48. The summed E-state index contributed by atoms with van der Waals surface area (Å²) >= 11 is 0. The van der Waals surface area contributed by atoms with Gasteiger partial charge >= 0.3 is 0 Å². The molecule has 1 aromatic rings. The number of nitrogens with two attached hydrogens (primary N) is 1. The van der Waals surface area contributed by atoms with Gasteiger partial charge in [0.25, 0.3) is 0 Å². The van der Waals surface area contributed by atoms with E-state index < -0.39 is 0 Å². The van der Waals surface area contributed by atoms with Gasteiger partial charge in [-0.1, -0.05) is 19.3 Å². The maximum atomic E-state index is 11.8. The largest absolute Gasteiger partial charge is 0.506 e. The van der Waals surface area contributed by atoms with Gasteiger partial charge in [-0.3, -0.25) is 4.79 Å². The molecule has 0 unspecified atom stereocenters. The van der Waals surface area contributed by atoms with Crippen LogP contribution in [0.15, 0.2) is 18.2 Å². The third-order valence-corrected chi connectivity index (χ3v) is 3.45. The number of anilines is 2. The molecule has 1 fully saturated rings. The summed E-state index contributed by atoms with van der Waals surface area (Å²) in [6.07, 6.45) is 6.03. The summed E-state index contributed by atoms with van der Waals surface area (Å²) in [6, 6.07) is 5.05. The van der Waals surface area contributed by atoms with Crippen molar-refractivity contribution in [2.45, 2.75) is 38.1 Å². The third-order valence-electron chi connectivity index (χ3n) is 3.45. The Labute approximate surface area is 113 Å². The number of hydrogen-bond acceptors (Lipinski definition) is 4. The Bertz CT molecular complexity index is 442. The second-order valence-electron chi connectivity index (χ2n) is 5.04. The maximum Gasteiger partial charge on any atom is 0.238 e. The van der Waals surface area contributed by atoms with E-state index in [4.69, 9.17) is 5.73 Å². The lowest BCUT2D eigenvalue weighted by Gasteiger charge is -2.22. The lowest BCUT2D eigenvalue weighted by Crippen LogP contribution is -2.37. The second-order valence-corrected chi connectivity index (χ2v) is 5.04. The van der Waals surface area contributed by atoms with Gasteiger partial charge in [0.2, 0.25) is 5.91 Å². The third kappa shape index (κ3) is 4.13. The molecule has 5 heteroatoms. The van der Waals surface area contributed by atoms with Crippen LogP contribution in [-0.2, 0) is 4.79 Å². The van der Waals surface area contributed by atoms with Crippen molar-refractivity contribution >= 4 is 17.3 Å². The first-order chi connectivity index (χ1) is 9.15. The minimum atomic E-state index is -0.161. The van der Waals surface area contributed by atoms with Gasteiger partial charge in [0.15, 0.2) is 0 Å². The normalized spacial score (nSPS) is 16.2. The molecule has 1 aliphatic rings. The molecular formula is C14H21N3O2. The number of nitrogen functional groups attached to an aromatic ring is 1. The number of phenolic OH excluding ortho intramolecular Hbond substituents is 1. The zero-order chi connectivity index (χ0) is 13.7. The number of phenols is 1. The Morgan fingerprint density at radius 2 is 2.05 bits per heavy atom. The van der Waals surface area contributed by atoms with Crippen molar-refractivity contribution in [1.29, 1.82) is 0 Å². The highest BCUT2D eigenvalue weighted by molar-refractivity contribution is 5.94. The molecule has 19 heavy (non-hydrogen) atoms. The van der Waals surface area contributed by atoms with Crippen LogP contribution in [0.2, 0.25) is 0 Å². The highest BCUT2D eigenvalue weighted by Gasteiger charge is 2.14. The Hall–Kier alpha value is -1.75. The predicted octanol–water partition coefficient (Wildman–Crippen LogP) is 1.84. The molecule has 0 saturated heterocycles. The highest BCUT2D eigenvalue weighted by Crippen LogP contribution is 2.25. The van der Waals surface area contributed by atoms with E-state index >= 15 is 0 Å². The lowest BCUT2D eigenvalue weighted by atomic mass is 9.95. The van der Waals surface area contributed by atoms with E-state index in [-0.39, 0.29) is 18.2 Å². The van der Waals surface area contributed by atoms with Gasteiger partial charge in [0.05, 0.1) is 12.2 Å². The van der Waals surface area contributed by atoms with Crippen molar-refractivity contribution in [3.8, 4) is 5.75 Å². The molecule has 0 spiro atoms. The van der Waals surface area contributed by atoms with Gasteiger partial charge < -0.3 is 21.5 Å². The fraction of sp³-hybridized carbons (Fsp3) is 0.500. The minimum Gasteiger partial charge on any atom is -0.506 e. The van der Waals surface area contributed by atoms with Gasteiger partial charge in [-0.15, -0.1) is 0 Å². The summed E-state index contributed by atoms with van der Waals surface area (Å²) in [7, 11) is 0. The van der Waals surface area contributed by atoms with Crippen LogP contribution in [0.1, 0.15) is 32.1 Å². The van der Waals surface area contributed by atoms with Crippen LogP contribution in [0.4, 0.5) is 11.4 Å². The molecule has 2 rings (SSSR count). The number of benzene rings is 1. The molecule has 0 aromatic heterocycles. The number of carbonyl (C=O) groups is 1. The number of aromatic hydroxyl groups is 1. The second kappa shape index (κ2) is 6.43. The molecule has 0 atom stereocenters. The van der Waals surface area contributed by atoms with Crippen molar-refractivity contribution in [2.24, 2.45) is 0 Å². The van der Waals surface area contributed by atoms with Gasteiger partial charge in [-0.2, -0.15) is 0 Å². The molecule has 0 heterocycles. The Kier molecular flexibility index (Phi) is 4.63. The van der Waals surface area contributed by atoms with Crippen molar-refractivity contribution < 1.29 is 9.90 Å². The summed E-state index contributed by atoms with van der Waals surface area (Å²) in [5.74, 6) is -0.133. The SMILES string of the molecule is Nc1ccc(O)c(NC(=O)CNC2CCCCC2)c1. The highest BCUT2D eigenvalue weighted by atomic mass is 16.3. The lowest BCUT2D eigenvalue weighted by molar-refractivity contribution is -0.115. The molecule has 1 aliphatic carbocycles. The predicted molar refractivity (Wildman–Crippen MR) is 76.0 cm³/mol. The van der Waals surface area contributed by atoms with Crippen molar-refractivity contribution in [3.05, 3.63) is 18.2 Å². The van der Waals surface area contributed by atoms with Crippen molar-refractivity contribution in [2.75, 3.05) is 17.6 Å². The first-order valence-corrected chi connectivity index (χ1v) is 6.77. The van der Waals surface area contributed by atoms with Crippen LogP contribution in [0.5, 0.6) is 5.75 Å². The number of carbonyl (C=O) groups excluding carboxylic acids is 1. The van der Waals surface area contributed by atoms with Crippen LogP contribution < -0.4 is 16.4 Å². The average molecular weight is 263 g/mol. The topological polar surface area (TPSA) is 87.4 Å². The molecule has 5 N–H and O–H groups in total. The Morgan fingerprint density at radius 3 is 2.79 bits per heavy atom. The monoisotopic (exact) mass is 263 g/mol. The van der Waals surface area contributed by atoms with Crippen LogP contribution in [0.3, 0.4) is 0 Å². The van der Waals surface area contributed by atoms with Crippen LogP contribution in [0.25, 0.3) is 0 Å². The van der Waals surface area contributed by atoms with E-state index in [0.717, 1.165) is 12.8 Å². The van der Waals surface area contributed by atoms with Crippen molar-refractivity contribution in [1.82, 2.24) is 5.32 Å². The first kappa shape index (κ1) is 13.7. The first-order valence-electron chi connectivity index (χ1n) is 6.77. The molecule has 1 saturated carbocycles. The number of rotatable bonds is 4. The smallest absolute Gasteiger partial charge is 0.238 e. The molecule has 1 amide bonds. The quantitative estimate of drug-likeness (QED) is 0.379. The number of nitrogens with one attached hydrogen (secondary N) is 2. The van der Waals surface area contributed by atoms with Gasteiger partial charge in [-0.05, 0) is 31.0 Å². The number of hydrogen-bond donors (Lipinski definition) is 4. The van der Waals surface area contributed by atoms with Crippen LogP contribution in [-0.4, -0.2) is 23.6 Å². The molecule has 0 radical (unpaired) electrons. The molecule has 0 bridgehead atoms. The molecule has 0 aliphatic heterocycles. The molecule has 5 nitrogen and oxygen atoms in total. The molecular weight excluding hydrogens is 242 g/mol. The standard InChI is InChI=1S/C14H21N3O2/c15-10-6-7-13(18)12(8-10)17-14(19)9-16-11-4-2-1-3-5-11/h6-8,11,16,18H,1-5,9,15H2,(H,17,19). The van der Waals surface area contributed by atoms with E-state index in [2.05, 4.69) is 10.6 Å². The zero-order valence-corrected chi connectivity index (χ0v) is 11.0. The minimum absolute atomic E-state index is 0.0280. The van der Waals surface area contributed by atoms with E-state index in [1.807, 2.05) is 0 Å². The van der Waals surface area contributed by atoms with E-state index in [1.54, 1.807) is 12.1 Å². The van der Waals surface area contributed by atoms with E-state index in [0.29, 0.717) is 17.4 Å². The molecule has 104 valence electrons. The summed E-state index contributed by atoms with van der Waals surface area (Å²) in [5, 5.41) is 15.5. The van der Waals surface area contributed by atoms with Gasteiger partial charge in [0, 0.05) is 11.7 Å². The average Bonchev–Trinajstić information content (AvgIpc) is 2.42. The molecule has 1 aromatic carbocycles. The van der Waals surface area contributed by atoms with Crippen molar-refractivity contribution in [3.63, 3.8) is 0 Å². The van der Waals surface area contributed by atoms with E-state index in [1.165, 1.54) is 25.3 Å². The van der Waals surface area contributed by atoms with Gasteiger partial charge in [-0.25, -0.2) is 0 Å². The van der Waals surface area contributed by atoms with Crippen LogP contribution >= 0.6 is 0 Å². The van der Waals surface area contributed by atoms with Gasteiger partial charge in [0.1, 0.15) is 5.75 Å². The fourth-order valence-corrected chi connectivity index (χ4v) is 2.39. The Morgan fingerprint density at radius 1 is 1.32 bits per heavy atom. The Balaban J connectivity index is 1.81. The van der Waals surface area contributed by atoms with Crippen LogP contribution in [0, 0.1) is 0 Å². The maximum absolute atomic E-state index is 11.8. The summed E-state index contributed by atoms with van der Waals surface area (Å²) in [4.78, 5) is 11.8. The number of amides is 1. The summed E-state index contributed by atoms with van der Waals surface area (Å²) < 4.78 is 0. The summed E-state index contributed by atoms with van der Waals surface area (Å²) in [6.45, 7) is 0.263. The fourth-order valence-electron chi connectivity index (χ4n) is 2.39. The zero-order valence-electron chi connectivity index (χ0n) is 11.0. The van der Waals surface area contributed by atoms with E-state index in [9.17, 15) is 9.90 Å².